The highest BCUT2D eigenvalue weighted by Gasteiger charge is 2.26. The zero-order chi connectivity index (χ0) is 18.8. The smallest absolute Gasteiger partial charge is 0.293 e. The largest absolute Gasteiger partial charge is 0.497 e. The van der Waals surface area contributed by atoms with Crippen molar-refractivity contribution in [2.75, 3.05) is 18.6 Å². The van der Waals surface area contributed by atoms with E-state index in [-0.39, 0.29) is 17.2 Å². The Bertz CT molecular complexity index is 1030. The van der Waals surface area contributed by atoms with Crippen LogP contribution in [0.15, 0.2) is 63.9 Å². The quantitative estimate of drug-likeness (QED) is 0.714. The van der Waals surface area contributed by atoms with Crippen LogP contribution in [0.25, 0.3) is 0 Å². The first-order valence-electron chi connectivity index (χ1n) is 8.88. The minimum absolute atomic E-state index is 0.110. The van der Waals surface area contributed by atoms with Gasteiger partial charge in [0.05, 0.1) is 13.7 Å². The Morgan fingerprint density at radius 1 is 1.19 bits per heavy atom. The molecule has 1 aliphatic heterocycles. The minimum atomic E-state index is -0.173. The van der Waals surface area contributed by atoms with Crippen molar-refractivity contribution in [1.29, 1.82) is 0 Å². The van der Waals surface area contributed by atoms with Crippen LogP contribution in [0.1, 0.15) is 28.3 Å². The number of fused-ring (bicyclic) bond motifs is 1. The van der Waals surface area contributed by atoms with Crippen LogP contribution in [0.4, 0.5) is 5.69 Å². The fourth-order valence-electron chi connectivity index (χ4n) is 3.38. The summed E-state index contributed by atoms with van der Waals surface area (Å²) in [5, 5.41) is 0. The highest BCUT2D eigenvalue weighted by Crippen LogP contribution is 2.31. The van der Waals surface area contributed by atoms with Crippen LogP contribution in [0, 0.1) is 0 Å². The van der Waals surface area contributed by atoms with Crippen LogP contribution in [0.3, 0.4) is 0 Å². The summed E-state index contributed by atoms with van der Waals surface area (Å²) in [6, 6.07) is 14.1. The maximum absolute atomic E-state index is 13.0. The fraction of sp³-hybridized carbons (Fsp3) is 0.238. The minimum Gasteiger partial charge on any atom is -0.497 e. The SMILES string of the molecule is COc1ccc2c(c1)CCCN2C(=O)c1ccc(Cn2ccccc2=O)o1. The van der Waals surface area contributed by atoms with Crippen LogP contribution in [0.2, 0.25) is 0 Å². The number of pyridine rings is 1. The highest BCUT2D eigenvalue weighted by molar-refractivity contribution is 6.05. The number of ether oxygens (including phenoxy) is 1. The number of rotatable bonds is 4. The second kappa shape index (κ2) is 7.15. The van der Waals surface area contributed by atoms with E-state index in [1.54, 1.807) is 42.5 Å². The van der Waals surface area contributed by atoms with Gasteiger partial charge < -0.3 is 18.6 Å². The maximum atomic E-state index is 13.0. The molecule has 0 radical (unpaired) electrons. The van der Waals surface area contributed by atoms with Crippen molar-refractivity contribution in [1.82, 2.24) is 4.57 Å². The van der Waals surface area contributed by atoms with Gasteiger partial charge in [0.1, 0.15) is 11.5 Å². The van der Waals surface area contributed by atoms with Gasteiger partial charge in [0.2, 0.25) is 0 Å². The number of aryl methyl sites for hydroxylation is 1. The van der Waals surface area contributed by atoms with Crippen LogP contribution in [-0.4, -0.2) is 24.1 Å². The number of hydrogen-bond donors (Lipinski definition) is 0. The van der Waals surface area contributed by atoms with E-state index in [0.29, 0.717) is 18.8 Å². The third-order valence-electron chi connectivity index (χ3n) is 4.75. The lowest BCUT2D eigenvalue weighted by Gasteiger charge is -2.29. The van der Waals surface area contributed by atoms with Crippen molar-refractivity contribution in [3.05, 3.63) is 82.2 Å². The molecule has 0 saturated heterocycles. The first kappa shape index (κ1) is 17.1. The fourth-order valence-corrected chi connectivity index (χ4v) is 3.38. The topological polar surface area (TPSA) is 64.7 Å². The van der Waals surface area contributed by atoms with E-state index in [1.807, 2.05) is 18.2 Å². The third kappa shape index (κ3) is 3.38. The number of nitrogens with zero attached hydrogens (tertiary/aromatic N) is 2. The number of carbonyl (C=O) groups is 1. The average Bonchev–Trinajstić information content (AvgIpc) is 3.17. The van der Waals surface area contributed by atoms with E-state index in [4.69, 9.17) is 9.15 Å². The molecule has 6 nitrogen and oxygen atoms in total. The molecule has 0 bridgehead atoms. The Hall–Kier alpha value is -3.28. The summed E-state index contributed by atoms with van der Waals surface area (Å²) in [6.07, 6.45) is 3.50. The monoisotopic (exact) mass is 364 g/mol. The molecule has 6 heteroatoms. The zero-order valence-corrected chi connectivity index (χ0v) is 15.1. The summed E-state index contributed by atoms with van der Waals surface area (Å²) in [7, 11) is 1.63. The molecule has 0 N–H and O–H groups in total. The lowest BCUT2D eigenvalue weighted by Crippen LogP contribution is -2.35. The lowest BCUT2D eigenvalue weighted by atomic mass is 10.0. The van der Waals surface area contributed by atoms with Gasteiger partial charge in [-0.2, -0.15) is 0 Å². The number of amides is 1. The predicted octanol–water partition coefficient (Wildman–Crippen LogP) is 3.09. The molecule has 0 atom stereocenters. The molecular weight excluding hydrogens is 344 g/mol. The van der Waals surface area contributed by atoms with Gasteiger partial charge in [-0.1, -0.05) is 6.07 Å². The molecule has 0 aliphatic carbocycles. The summed E-state index contributed by atoms with van der Waals surface area (Å²) in [6.45, 7) is 0.938. The molecule has 2 aromatic heterocycles. The molecular formula is C21H20N2O4. The number of furan rings is 1. The number of hydrogen-bond acceptors (Lipinski definition) is 4. The Morgan fingerprint density at radius 2 is 2.07 bits per heavy atom. The summed E-state index contributed by atoms with van der Waals surface area (Å²) < 4.78 is 12.6. The van der Waals surface area contributed by atoms with Gasteiger partial charge in [-0.3, -0.25) is 9.59 Å². The van der Waals surface area contributed by atoms with E-state index >= 15 is 0 Å². The van der Waals surface area contributed by atoms with Crippen molar-refractivity contribution in [3.8, 4) is 5.75 Å². The van der Waals surface area contributed by atoms with Crippen LogP contribution < -0.4 is 15.2 Å². The van der Waals surface area contributed by atoms with Crippen LogP contribution in [-0.2, 0) is 13.0 Å². The lowest BCUT2D eigenvalue weighted by molar-refractivity contribution is 0.0956. The average molecular weight is 364 g/mol. The van der Waals surface area contributed by atoms with Crippen molar-refractivity contribution in [2.24, 2.45) is 0 Å². The van der Waals surface area contributed by atoms with Gasteiger partial charge in [0.15, 0.2) is 5.76 Å². The molecule has 1 aliphatic rings. The van der Waals surface area contributed by atoms with Crippen molar-refractivity contribution < 1.29 is 13.9 Å². The molecule has 1 amide bonds. The number of carbonyl (C=O) groups excluding carboxylic acids is 1. The molecule has 0 fully saturated rings. The number of aromatic nitrogens is 1. The zero-order valence-electron chi connectivity index (χ0n) is 15.1. The van der Waals surface area contributed by atoms with E-state index in [2.05, 4.69) is 0 Å². The highest BCUT2D eigenvalue weighted by atomic mass is 16.5. The molecule has 0 saturated carbocycles. The van der Waals surface area contributed by atoms with Crippen molar-refractivity contribution >= 4 is 11.6 Å². The first-order chi connectivity index (χ1) is 13.2. The molecule has 4 rings (SSSR count). The van der Waals surface area contributed by atoms with Gasteiger partial charge in [0, 0.05) is 24.5 Å². The number of methoxy groups -OCH3 is 1. The second-order valence-corrected chi connectivity index (χ2v) is 6.49. The molecule has 3 aromatic rings. The summed E-state index contributed by atoms with van der Waals surface area (Å²) >= 11 is 0. The van der Waals surface area contributed by atoms with Gasteiger partial charge in [-0.15, -0.1) is 0 Å². The predicted molar refractivity (Wildman–Crippen MR) is 102 cm³/mol. The van der Waals surface area contributed by atoms with E-state index in [9.17, 15) is 9.59 Å². The Balaban J connectivity index is 1.57. The van der Waals surface area contributed by atoms with Crippen LogP contribution in [0.5, 0.6) is 5.75 Å². The van der Waals surface area contributed by atoms with Gasteiger partial charge in [0.25, 0.3) is 11.5 Å². The van der Waals surface area contributed by atoms with Crippen LogP contribution >= 0.6 is 0 Å². The van der Waals surface area contributed by atoms with E-state index < -0.39 is 0 Å². The number of benzene rings is 1. The summed E-state index contributed by atoms with van der Waals surface area (Å²) in [4.78, 5) is 26.6. The van der Waals surface area contributed by atoms with Gasteiger partial charge in [-0.05, 0) is 54.8 Å². The third-order valence-corrected chi connectivity index (χ3v) is 4.75. The van der Waals surface area contributed by atoms with E-state index in [1.165, 1.54) is 10.6 Å². The Kier molecular flexibility index (Phi) is 4.54. The van der Waals surface area contributed by atoms with E-state index in [0.717, 1.165) is 29.8 Å². The van der Waals surface area contributed by atoms with Crippen molar-refractivity contribution in [2.45, 2.75) is 19.4 Å². The molecule has 1 aromatic carbocycles. The summed E-state index contributed by atoms with van der Waals surface area (Å²) in [5.41, 5.74) is 1.88. The maximum Gasteiger partial charge on any atom is 0.293 e. The molecule has 3 heterocycles. The Morgan fingerprint density at radius 3 is 2.89 bits per heavy atom. The molecule has 0 unspecified atom stereocenters. The molecule has 0 spiro atoms. The second-order valence-electron chi connectivity index (χ2n) is 6.49. The first-order valence-corrected chi connectivity index (χ1v) is 8.88. The van der Waals surface area contributed by atoms with Gasteiger partial charge in [-0.25, -0.2) is 0 Å². The van der Waals surface area contributed by atoms with Gasteiger partial charge >= 0.3 is 0 Å². The summed E-state index contributed by atoms with van der Waals surface area (Å²) in [5.74, 6) is 1.46. The molecule has 27 heavy (non-hydrogen) atoms. The van der Waals surface area contributed by atoms with Crippen molar-refractivity contribution in [3.63, 3.8) is 0 Å². The Labute approximate surface area is 156 Å². The number of anilines is 1. The standard InChI is InChI=1S/C21H20N2O4/c1-26-16-7-9-18-15(13-16)5-4-12-23(18)21(25)19-10-8-17(27-19)14-22-11-3-2-6-20(22)24/h2-3,6-11,13H,4-5,12,14H2,1H3. The normalized spacial score (nSPS) is 13.3. The molecule has 138 valence electrons.